The summed E-state index contributed by atoms with van der Waals surface area (Å²) in [5.41, 5.74) is 2.27. The predicted octanol–water partition coefficient (Wildman–Crippen LogP) is 5.54. The van der Waals surface area contributed by atoms with E-state index in [4.69, 9.17) is 14.2 Å². The fraction of sp³-hybridized carbons (Fsp3) is 0.0833. The molecule has 3 aromatic rings. The molecule has 0 spiro atoms. The maximum absolute atomic E-state index is 12.3. The second-order valence-corrected chi connectivity index (χ2v) is 7.19. The Bertz CT molecular complexity index is 1110. The van der Waals surface area contributed by atoms with Crippen LogP contribution < -0.4 is 14.2 Å². The molecule has 0 amide bonds. The molecule has 0 saturated carbocycles. The number of nitrogens with zero attached hydrogens (tertiary/aromatic N) is 1. The normalized spacial score (nSPS) is 11.1. The van der Waals surface area contributed by atoms with Crippen LogP contribution in [0.3, 0.4) is 0 Å². The Morgan fingerprint density at radius 1 is 0.968 bits per heavy atom. The maximum Gasteiger partial charge on any atom is 0.336 e. The fourth-order valence-electron chi connectivity index (χ4n) is 2.62. The van der Waals surface area contributed by atoms with Crippen molar-refractivity contribution in [3.63, 3.8) is 0 Å². The molecule has 0 saturated heterocycles. The summed E-state index contributed by atoms with van der Waals surface area (Å²) in [6.07, 6.45) is 4.64. The van der Waals surface area contributed by atoms with Gasteiger partial charge in [-0.15, -0.1) is 0 Å². The second kappa shape index (κ2) is 10.4. The van der Waals surface area contributed by atoms with E-state index in [-0.39, 0.29) is 11.5 Å². The van der Waals surface area contributed by atoms with Crippen LogP contribution >= 0.6 is 15.9 Å². The van der Waals surface area contributed by atoms with Gasteiger partial charge >= 0.3 is 5.97 Å². The van der Waals surface area contributed by atoms with E-state index in [1.807, 2.05) is 24.3 Å². The number of ether oxygens (including phenoxy) is 3. The molecule has 0 aliphatic rings. The summed E-state index contributed by atoms with van der Waals surface area (Å²) in [5.74, 6) is 1.03. The van der Waals surface area contributed by atoms with Crippen molar-refractivity contribution in [2.45, 2.75) is 0 Å². The van der Waals surface area contributed by atoms with Gasteiger partial charge in [0, 0.05) is 12.3 Å². The number of phenols is 1. The molecule has 0 aliphatic heterocycles. The van der Waals surface area contributed by atoms with Gasteiger partial charge in [-0.05, 0) is 81.7 Å². The summed E-state index contributed by atoms with van der Waals surface area (Å²) >= 11 is 3.43. The van der Waals surface area contributed by atoms with Gasteiger partial charge in [0.1, 0.15) is 11.5 Å². The summed E-state index contributed by atoms with van der Waals surface area (Å²) in [4.78, 5) is 16.7. The van der Waals surface area contributed by atoms with Gasteiger partial charge in [-0.25, -0.2) is 4.79 Å². The van der Waals surface area contributed by atoms with Crippen molar-refractivity contribution in [2.24, 2.45) is 4.99 Å². The molecule has 0 atom stereocenters. The number of methoxy groups -OCH3 is 2. The Morgan fingerprint density at radius 3 is 2.32 bits per heavy atom. The van der Waals surface area contributed by atoms with Crippen LogP contribution in [0.5, 0.6) is 23.0 Å². The molecule has 1 N–H and O–H groups in total. The summed E-state index contributed by atoms with van der Waals surface area (Å²) in [6, 6.07) is 17.3. The van der Waals surface area contributed by atoms with Crippen molar-refractivity contribution in [3.8, 4) is 23.0 Å². The van der Waals surface area contributed by atoms with Crippen molar-refractivity contribution in [1.82, 2.24) is 0 Å². The highest BCUT2D eigenvalue weighted by Crippen LogP contribution is 2.36. The standard InChI is InChI=1S/C24H20BrNO5/c1-29-20-10-3-16(4-11-20)5-12-23(28)31-24-21(25)13-17(14-22(24)30-2)15-26-18-6-8-19(27)9-7-18/h3-15,27H,1-2H3/b12-5+,26-15?. The molecule has 3 aromatic carbocycles. The minimum atomic E-state index is -0.541. The van der Waals surface area contributed by atoms with Gasteiger partial charge in [-0.3, -0.25) is 4.99 Å². The summed E-state index contributed by atoms with van der Waals surface area (Å²) < 4.78 is 16.5. The second-order valence-electron chi connectivity index (χ2n) is 6.34. The van der Waals surface area contributed by atoms with Crippen LogP contribution in [0.4, 0.5) is 5.69 Å². The first-order chi connectivity index (χ1) is 15.0. The lowest BCUT2D eigenvalue weighted by atomic mass is 10.2. The number of aliphatic imine (C=N–C) groups is 1. The van der Waals surface area contributed by atoms with Gasteiger partial charge in [0.2, 0.25) is 0 Å². The predicted molar refractivity (Wildman–Crippen MR) is 124 cm³/mol. The Kier molecular flexibility index (Phi) is 7.45. The first-order valence-corrected chi connectivity index (χ1v) is 10.0. The number of carbonyl (C=O) groups excluding carboxylic acids is 1. The topological polar surface area (TPSA) is 77.4 Å². The number of benzene rings is 3. The van der Waals surface area contributed by atoms with E-state index in [1.54, 1.807) is 55.8 Å². The minimum Gasteiger partial charge on any atom is -0.508 e. The van der Waals surface area contributed by atoms with Crippen LogP contribution in [0, 0.1) is 0 Å². The van der Waals surface area contributed by atoms with Crippen LogP contribution in [0.25, 0.3) is 6.08 Å². The van der Waals surface area contributed by atoms with Gasteiger partial charge in [-0.2, -0.15) is 0 Å². The number of esters is 1. The van der Waals surface area contributed by atoms with Gasteiger partial charge in [0.05, 0.1) is 24.4 Å². The van der Waals surface area contributed by atoms with E-state index in [1.165, 1.54) is 13.2 Å². The molecule has 7 heteroatoms. The summed E-state index contributed by atoms with van der Waals surface area (Å²) in [7, 11) is 3.09. The first kappa shape index (κ1) is 22.1. The van der Waals surface area contributed by atoms with Gasteiger partial charge < -0.3 is 19.3 Å². The molecule has 31 heavy (non-hydrogen) atoms. The lowest BCUT2D eigenvalue weighted by molar-refractivity contribution is -0.129. The average Bonchev–Trinajstić information content (AvgIpc) is 2.79. The third-order valence-electron chi connectivity index (χ3n) is 4.19. The largest absolute Gasteiger partial charge is 0.508 e. The lowest BCUT2D eigenvalue weighted by Gasteiger charge is -2.11. The maximum atomic E-state index is 12.3. The van der Waals surface area contributed by atoms with Crippen LogP contribution in [0.2, 0.25) is 0 Å². The van der Waals surface area contributed by atoms with Crippen molar-refractivity contribution in [1.29, 1.82) is 0 Å². The summed E-state index contributed by atoms with van der Waals surface area (Å²) in [5, 5.41) is 9.35. The fourth-order valence-corrected chi connectivity index (χ4v) is 3.16. The molecule has 0 bridgehead atoms. The highest BCUT2D eigenvalue weighted by Gasteiger charge is 2.14. The van der Waals surface area contributed by atoms with E-state index < -0.39 is 5.97 Å². The lowest BCUT2D eigenvalue weighted by Crippen LogP contribution is -2.06. The number of halogens is 1. The summed E-state index contributed by atoms with van der Waals surface area (Å²) in [6.45, 7) is 0. The highest BCUT2D eigenvalue weighted by molar-refractivity contribution is 9.10. The van der Waals surface area contributed by atoms with Crippen molar-refractivity contribution >= 4 is 39.9 Å². The Balaban J connectivity index is 1.73. The number of rotatable bonds is 7. The van der Waals surface area contributed by atoms with Crippen molar-refractivity contribution in [2.75, 3.05) is 14.2 Å². The first-order valence-electron chi connectivity index (χ1n) is 9.23. The number of aromatic hydroxyl groups is 1. The van der Waals surface area contributed by atoms with E-state index in [2.05, 4.69) is 20.9 Å². The van der Waals surface area contributed by atoms with Crippen LogP contribution in [-0.4, -0.2) is 31.5 Å². The average molecular weight is 482 g/mol. The smallest absolute Gasteiger partial charge is 0.336 e. The van der Waals surface area contributed by atoms with Gasteiger partial charge in [-0.1, -0.05) is 12.1 Å². The number of hydrogen-bond donors (Lipinski definition) is 1. The molecular weight excluding hydrogens is 462 g/mol. The molecule has 0 unspecified atom stereocenters. The zero-order valence-electron chi connectivity index (χ0n) is 16.9. The Labute approximate surface area is 188 Å². The minimum absolute atomic E-state index is 0.176. The number of hydrogen-bond acceptors (Lipinski definition) is 6. The third kappa shape index (κ3) is 6.20. The quantitative estimate of drug-likeness (QED) is 0.207. The molecule has 0 fully saturated rings. The van der Waals surface area contributed by atoms with E-state index >= 15 is 0 Å². The van der Waals surface area contributed by atoms with Crippen molar-refractivity contribution in [3.05, 3.63) is 82.3 Å². The van der Waals surface area contributed by atoms with Gasteiger partial charge in [0.15, 0.2) is 11.5 Å². The monoisotopic (exact) mass is 481 g/mol. The zero-order chi connectivity index (χ0) is 22.2. The van der Waals surface area contributed by atoms with Crippen molar-refractivity contribution < 1.29 is 24.1 Å². The number of phenolic OH excluding ortho intramolecular Hbond substituents is 1. The molecule has 6 nitrogen and oxygen atoms in total. The number of carbonyl (C=O) groups is 1. The SMILES string of the molecule is COc1ccc(/C=C/C(=O)Oc2c(Br)cc(C=Nc3ccc(O)cc3)cc2OC)cc1. The van der Waals surface area contributed by atoms with E-state index in [0.29, 0.717) is 15.9 Å². The molecule has 0 aliphatic carbocycles. The van der Waals surface area contributed by atoms with Crippen LogP contribution in [0.1, 0.15) is 11.1 Å². The van der Waals surface area contributed by atoms with Gasteiger partial charge in [0.25, 0.3) is 0 Å². The molecule has 0 radical (unpaired) electrons. The molecule has 3 rings (SSSR count). The highest BCUT2D eigenvalue weighted by atomic mass is 79.9. The molecular formula is C24H20BrNO5. The van der Waals surface area contributed by atoms with Crippen LogP contribution in [0.15, 0.2) is 76.2 Å². The Hall–Kier alpha value is -3.58. The zero-order valence-corrected chi connectivity index (χ0v) is 18.5. The van der Waals surface area contributed by atoms with E-state index in [9.17, 15) is 9.90 Å². The molecule has 0 aromatic heterocycles. The molecule has 0 heterocycles. The van der Waals surface area contributed by atoms with E-state index in [0.717, 1.165) is 16.9 Å². The molecule has 158 valence electrons. The van der Waals surface area contributed by atoms with Crippen LogP contribution in [-0.2, 0) is 4.79 Å². The third-order valence-corrected chi connectivity index (χ3v) is 4.78. The Morgan fingerprint density at radius 2 is 1.68 bits per heavy atom.